The van der Waals surface area contributed by atoms with Gasteiger partial charge in [0.2, 0.25) is 10.0 Å². The molecule has 0 spiro atoms. The minimum atomic E-state index is -3.83. The molecule has 13 nitrogen and oxygen atoms in total. The number of sulfonamides is 1. The molecule has 3 heterocycles. The van der Waals surface area contributed by atoms with E-state index in [1.54, 1.807) is 17.5 Å². The lowest BCUT2D eigenvalue weighted by atomic mass is 10.2. The summed E-state index contributed by atoms with van der Waals surface area (Å²) in [5.41, 5.74) is 0.981. The fraction of sp³-hybridized carbons (Fsp3) is 0.593. The third-order valence-corrected chi connectivity index (χ3v) is 9.15. The van der Waals surface area contributed by atoms with E-state index in [4.69, 9.17) is 4.74 Å². The average molecular weight is 592 g/mol. The van der Waals surface area contributed by atoms with Crippen molar-refractivity contribution in [2.45, 2.75) is 38.5 Å². The molecule has 3 N–H and O–H groups in total. The Hall–Kier alpha value is -2.88. The smallest absolute Gasteiger partial charge is 0.277 e. The number of hydrogen-bond acceptors (Lipinski definition) is 10. The standard InChI is InChI=1S/C27H41N7O6S/c1-4-6-24-28-20(3)25-27(37)29-26(30-34(24)25)22-19-21(7-8-23(22)40-5-2)41(38,39)33-13-11-31(12-14-33)9-10-32(15-17-35)16-18-36/h7-8,19,35-36H,4-6,9-18H2,1-3H3,(H,29,30,37). The molecule has 0 saturated carbocycles. The highest BCUT2D eigenvalue weighted by molar-refractivity contribution is 7.89. The van der Waals surface area contributed by atoms with Crippen LogP contribution in [-0.2, 0) is 16.4 Å². The van der Waals surface area contributed by atoms with Crippen LogP contribution < -0.4 is 10.3 Å². The summed E-state index contributed by atoms with van der Waals surface area (Å²) < 4.78 is 36.2. The number of fused-ring (bicyclic) bond motifs is 1. The van der Waals surface area contributed by atoms with Gasteiger partial charge in [0, 0.05) is 58.8 Å². The van der Waals surface area contributed by atoms with Crippen LogP contribution in [0, 0.1) is 6.92 Å². The molecule has 0 radical (unpaired) electrons. The monoisotopic (exact) mass is 591 g/mol. The summed E-state index contributed by atoms with van der Waals surface area (Å²) >= 11 is 0. The van der Waals surface area contributed by atoms with Crippen LogP contribution in [0.15, 0.2) is 27.9 Å². The molecular formula is C27H41N7O6S. The second kappa shape index (κ2) is 13.9. The molecule has 14 heteroatoms. The van der Waals surface area contributed by atoms with E-state index in [9.17, 15) is 23.4 Å². The molecule has 0 aliphatic carbocycles. The summed E-state index contributed by atoms with van der Waals surface area (Å²) in [6, 6.07) is 4.65. The molecule has 41 heavy (non-hydrogen) atoms. The predicted molar refractivity (Wildman–Crippen MR) is 155 cm³/mol. The van der Waals surface area contributed by atoms with Crippen LogP contribution in [0.3, 0.4) is 0 Å². The van der Waals surface area contributed by atoms with Crippen molar-refractivity contribution in [3.05, 3.63) is 40.1 Å². The highest BCUT2D eigenvalue weighted by Gasteiger charge is 2.30. The lowest BCUT2D eigenvalue weighted by Gasteiger charge is -2.35. The lowest BCUT2D eigenvalue weighted by Crippen LogP contribution is -2.50. The van der Waals surface area contributed by atoms with E-state index in [0.717, 1.165) is 13.0 Å². The number of benzene rings is 1. The molecule has 1 aromatic carbocycles. The Balaban J connectivity index is 1.58. The number of H-pyrrole nitrogens is 1. The lowest BCUT2D eigenvalue weighted by molar-refractivity contribution is 0.128. The summed E-state index contributed by atoms with van der Waals surface area (Å²) in [5, 5.41) is 23.1. The minimum absolute atomic E-state index is 0.0230. The van der Waals surface area contributed by atoms with E-state index in [0.29, 0.717) is 87.2 Å². The number of rotatable bonds is 14. The highest BCUT2D eigenvalue weighted by Crippen LogP contribution is 2.31. The summed E-state index contributed by atoms with van der Waals surface area (Å²) in [4.78, 5) is 24.6. The molecule has 2 aromatic heterocycles. The van der Waals surface area contributed by atoms with Crippen molar-refractivity contribution in [3.63, 3.8) is 0 Å². The maximum Gasteiger partial charge on any atom is 0.277 e. The summed E-state index contributed by atoms with van der Waals surface area (Å²) in [6.07, 6.45) is 1.47. The van der Waals surface area contributed by atoms with Gasteiger partial charge in [-0.2, -0.15) is 4.31 Å². The molecular weight excluding hydrogens is 550 g/mol. The Morgan fingerprint density at radius 1 is 1.07 bits per heavy atom. The van der Waals surface area contributed by atoms with Gasteiger partial charge in [-0.1, -0.05) is 6.92 Å². The second-order valence-electron chi connectivity index (χ2n) is 10.1. The van der Waals surface area contributed by atoms with Crippen molar-refractivity contribution < 1.29 is 23.4 Å². The molecule has 0 atom stereocenters. The number of hydrogen-bond donors (Lipinski definition) is 3. The largest absolute Gasteiger partial charge is 0.493 e. The predicted octanol–water partition coefficient (Wildman–Crippen LogP) is 0.337. The van der Waals surface area contributed by atoms with Crippen LogP contribution in [0.25, 0.3) is 16.9 Å². The molecule has 226 valence electrons. The number of aliphatic hydroxyl groups excluding tert-OH is 2. The molecule has 3 aromatic rings. The van der Waals surface area contributed by atoms with Crippen molar-refractivity contribution in [2.75, 3.05) is 72.2 Å². The molecule has 1 aliphatic heterocycles. The molecule has 1 saturated heterocycles. The Bertz CT molecular complexity index is 1480. The van der Waals surface area contributed by atoms with Gasteiger partial charge in [0.25, 0.3) is 5.56 Å². The van der Waals surface area contributed by atoms with E-state index in [1.165, 1.54) is 16.4 Å². The maximum atomic E-state index is 13.7. The van der Waals surface area contributed by atoms with Crippen LogP contribution in [-0.4, -0.2) is 124 Å². The zero-order chi connectivity index (χ0) is 29.6. The Morgan fingerprint density at radius 2 is 1.78 bits per heavy atom. The van der Waals surface area contributed by atoms with Crippen LogP contribution >= 0.6 is 0 Å². The van der Waals surface area contributed by atoms with Crippen LogP contribution in [0.5, 0.6) is 5.75 Å². The molecule has 0 bridgehead atoms. The van der Waals surface area contributed by atoms with Crippen LogP contribution in [0.4, 0.5) is 0 Å². The molecule has 1 fully saturated rings. The zero-order valence-corrected chi connectivity index (χ0v) is 24.9. The molecule has 0 amide bonds. The van der Waals surface area contributed by atoms with Crippen molar-refractivity contribution in [1.29, 1.82) is 0 Å². The average Bonchev–Trinajstić information content (AvgIpc) is 3.28. The summed E-state index contributed by atoms with van der Waals surface area (Å²) in [5.74, 6) is 1.30. The normalized spacial score (nSPS) is 15.3. The number of ether oxygens (including phenoxy) is 1. The second-order valence-corrected chi connectivity index (χ2v) is 12.0. The van der Waals surface area contributed by atoms with Gasteiger partial charge < -0.3 is 19.9 Å². The van der Waals surface area contributed by atoms with Crippen molar-refractivity contribution in [1.82, 2.24) is 33.7 Å². The fourth-order valence-corrected chi connectivity index (χ4v) is 6.57. The van der Waals surface area contributed by atoms with E-state index in [1.807, 2.05) is 18.7 Å². The molecule has 0 unspecified atom stereocenters. The van der Waals surface area contributed by atoms with E-state index < -0.39 is 10.0 Å². The third kappa shape index (κ3) is 6.96. The first-order chi connectivity index (χ1) is 19.7. The number of aromatic nitrogens is 4. The number of aryl methyl sites for hydroxylation is 2. The number of aromatic amines is 1. The third-order valence-electron chi connectivity index (χ3n) is 7.26. The van der Waals surface area contributed by atoms with Crippen LogP contribution in [0.2, 0.25) is 0 Å². The van der Waals surface area contributed by atoms with Crippen LogP contribution in [0.1, 0.15) is 31.8 Å². The Morgan fingerprint density at radius 3 is 2.41 bits per heavy atom. The van der Waals surface area contributed by atoms with Gasteiger partial charge in [-0.25, -0.2) is 17.9 Å². The first-order valence-corrected chi connectivity index (χ1v) is 15.6. The topological polar surface area (TPSA) is 157 Å². The quantitative estimate of drug-likeness (QED) is 0.239. The number of imidazole rings is 1. The Labute approximate surface area is 240 Å². The minimum Gasteiger partial charge on any atom is -0.493 e. The van der Waals surface area contributed by atoms with Gasteiger partial charge in [-0.05, 0) is 38.5 Å². The number of aliphatic hydroxyl groups is 2. The zero-order valence-electron chi connectivity index (χ0n) is 24.0. The summed E-state index contributed by atoms with van der Waals surface area (Å²) in [7, 11) is -3.83. The van der Waals surface area contributed by atoms with Gasteiger partial charge >= 0.3 is 0 Å². The highest BCUT2D eigenvalue weighted by atomic mass is 32.2. The Kier molecular flexibility index (Phi) is 10.5. The first-order valence-electron chi connectivity index (χ1n) is 14.2. The summed E-state index contributed by atoms with van der Waals surface area (Å²) in [6.45, 7) is 10.2. The van der Waals surface area contributed by atoms with Gasteiger partial charge in [-0.15, -0.1) is 5.10 Å². The molecule has 4 rings (SSSR count). The first kappa shape index (κ1) is 31.1. The van der Waals surface area contributed by atoms with Gasteiger partial charge in [0.05, 0.1) is 36.0 Å². The molecule has 1 aliphatic rings. The van der Waals surface area contributed by atoms with E-state index in [2.05, 4.69) is 20.0 Å². The van der Waals surface area contributed by atoms with Gasteiger partial charge in [0.15, 0.2) is 11.3 Å². The maximum absolute atomic E-state index is 13.7. The number of nitrogens with zero attached hydrogens (tertiary/aromatic N) is 6. The SMILES string of the molecule is CCCc1nc(C)c2c(=O)[nH]c(-c3cc(S(=O)(=O)N4CCN(CCN(CCO)CCO)CC4)ccc3OCC)nn12. The van der Waals surface area contributed by atoms with E-state index in [-0.39, 0.29) is 29.5 Å². The van der Waals surface area contributed by atoms with Crippen molar-refractivity contribution >= 4 is 15.5 Å². The van der Waals surface area contributed by atoms with Gasteiger partial charge in [-0.3, -0.25) is 14.6 Å². The van der Waals surface area contributed by atoms with Crippen molar-refractivity contribution in [2.24, 2.45) is 0 Å². The van der Waals surface area contributed by atoms with Gasteiger partial charge in [0.1, 0.15) is 11.6 Å². The van der Waals surface area contributed by atoms with Crippen molar-refractivity contribution in [3.8, 4) is 17.1 Å². The fourth-order valence-electron chi connectivity index (χ4n) is 5.12. The number of nitrogens with one attached hydrogen (secondary N) is 1. The van der Waals surface area contributed by atoms with E-state index >= 15 is 0 Å². The number of piperazine rings is 1.